The van der Waals surface area contributed by atoms with Gasteiger partial charge in [0, 0.05) is 0 Å². The fourth-order valence-electron chi connectivity index (χ4n) is 2.55. The zero-order chi connectivity index (χ0) is 7.68. The molecule has 2 aliphatic rings. The third-order valence-electron chi connectivity index (χ3n) is 3.22. The van der Waals surface area contributed by atoms with Gasteiger partial charge in [0.1, 0.15) is 0 Å². The van der Waals surface area contributed by atoms with E-state index in [1.807, 2.05) is 5.92 Å². The van der Waals surface area contributed by atoms with Gasteiger partial charge in [-0.05, 0) is 37.0 Å². The van der Waals surface area contributed by atoms with Gasteiger partial charge in [-0.25, -0.2) is 0 Å². The molecule has 0 saturated heterocycles. The molecule has 1 saturated carbocycles. The second kappa shape index (κ2) is 3.00. The summed E-state index contributed by atoms with van der Waals surface area (Å²) in [4.78, 5) is 0. The van der Waals surface area contributed by atoms with Gasteiger partial charge in [-0.1, -0.05) is 31.9 Å². The van der Waals surface area contributed by atoms with Gasteiger partial charge in [0.2, 0.25) is 0 Å². The van der Waals surface area contributed by atoms with Crippen molar-refractivity contribution in [3.63, 3.8) is 0 Å². The van der Waals surface area contributed by atoms with Crippen LogP contribution in [0, 0.1) is 17.8 Å². The van der Waals surface area contributed by atoms with Gasteiger partial charge in [0.15, 0.2) is 0 Å². The minimum Gasteiger partial charge on any atom is -0.0880 e. The zero-order valence-corrected chi connectivity index (χ0v) is 7.34. The van der Waals surface area contributed by atoms with Gasteiger partial charge >= 0.3 is 0 Å². The number of fused-ring (bicyclic) bond motifs is 1. The van der Waals surface area contributed by atoms with E-state index in [1.54, 1.807) is 0 Å². The average molecular weight is 149 g/mol. The van der Waals surface area contributed by atoms with Crippen LogP contribution in [0.2, 0.25) is 0 Å². The van der Waals surface area contributed by atoms with E-state index in [-0.39, 0.29) is 0 Å². The van der Waals surface area contributed by atoms with Crippen LogP contribution >= 0.6 is 0 Å². The van der Waals surface area contributed by atoms with Crippen molar-refractivity contribution in [2.75, 3.05) is 0 Å². The van der Waals surface area contributed by atoms with Gasteiger partial charge < -0.3 is 0 Å². The summed E-state index contributed by atoms with van der Waals surface area (Å²) < 4.78 is 0. The van der Waals surface area contributed by atoms with Gasteiger partial charge in [0.05, 0.1) is 0 Å². The zero-order valence-electron chi connectivity index (χ0n) is 7.34. The largest absolute Gasteiger partial charge is 0.0880 e. The molecule has 0 aliphatic heterocycles. The van der Waals surface area contributed by atoms with E-state index in [0.717, 1.165) is 11.8 Å². The maximum Gasteiger partial charge on any atom is -0.0141 e. The summed E-state index contributed by atoms with van der Waals surface area (Å²) in [5.41, 5.74) is 0. The third kappa shape index (κ3) is 1.36. The summed E-state index contributed by atoms with van der Waals surface area (Å²) in [5.74, 6) is 3.59. The van der Waals surface area contributed by atoms with Gasteiger partial charge in [0.25, 0.3) is 0 Å². The Balaban J connectivity index is 2.08. The van der Waals surface area contributed by atoms with Crippen molar-refractivity contribution in [3.8, 4) is 0 Å². The molecule has 0 nitrogen and oxygen atoms in total. The van der Waals surface area contributed by atoms with E-state index in [2.05, 4.69) is 19.1 Å². The summed E-state index contributed by atoms with van der Waals surface area (Å²) in [6.07, 6.45) is 11.9. The number of hydrogen-bond acceptors (Lipinski definition) is 0. The van der Waals surface area contributed by atoms with E-state index < -0.39 is 0 Å². The van der Waals surface area contributed by atoms with Crippen molar-refractivity contribution >= 4 is 0 Å². The highest BCUT2D eigenvalue weighted by atomic mass is 14.3. The fraction of sp³-hybridized carbons (Fsp3) is 0.727. The molecule has 2 unspecified atom stereocenters. The molecule has 0 aromatic rings. The third-order valence-corrected chi connectivity index (χ3v) is 3.22. The standard InChI is InChI=1S/C11H17/c1-9-5-4-7-10-6-2-3-8-11(9)10/h4-5,9-10H,2-3,6-8H2,1H3. The van der Waals surface area contributed by atoms with Crippen LogP contribution in [-0.4, -0.2) is 0 Å². The molecule has 1 fully saturated rings. The van der Waals surface area contributed by atoms with Crippen molar-refractivity contribution in [1.82, 2.24) is 0 Å². The molecule has 2 rings (SSSR count). The molecule has 0 N–H and O–H groups in total. The van der Waals surface area contributed by atoms with Crippen molar-refractivity contribution < 1.29 is 0 Å². The molecule has 2 aliphatic carbocycles. The van der Waals surface area contributed by atoms with E-state index in [0.29, 0.717) is 0 Å². The molecule has 2 atom stereocenters. The normalized spacial score (nSPS) is 38.6. The minimum absolute atomic E-state index is 0.786. The molecule has 0 aromatic carbocycles. The Morgan fingerprint density at radius 2 is 2.27 bits per heavy atom. The van der Waals surface area contributed by atoms with Crippen LogP contribution in [0.25, 0.3) is 0 Å². The van der Waals surface area contributed by atoms with Crippen LogP contribution in [0.4, 0.5) is 0 Å². The fourth-order valence-corrected chi connectivity index (χ4v) is 2.55. The van der Waals surface area contributed by atoms with Gasteiger partial charge in [-0.15, -0.1) is 0 Å². The first-order valence-corrected chi connectivity index (χ1v) is 4.90. The average Bonchev–Trinajstić information content (AvgIpc) is 2.06. The lowest BCUT2D eigenvalue weighted by molar-refractivity contribution is 0.343. The quantitative estimate of drug-likeness (QED) is 0.463. The Morgan fingerprint density at radius 3 is 3.09 bits per heavy atom. The lowest BCUT2D eigenvalue weighted by atomic mass is 9.69. The van der Waals surface area contributed by atoms with Crippen LogP contribution in [0.5, 0.6) is 0 Å². The van der Waals surface area contributed by atoms with E-state index in [9.17, 15) is 0 Å². The first-order chi connectivity index (χ1) is 5.38. The summed E-state index contributed by atoms with van der Waals surface area (Å²) in [6.45, 7) is 2.35. The van der Waals surface area contributed by atoms with Crippen molar-refractivity contribution in [1.29, 1.82) is 0 Å². The van der Waals surface area contributed by atoms with Crippen molar-refractivity contribution in [2.24, 2.45) is 11.8 Å². The van der Waals surface area contributed by atoms with Crippen molar-refractivity contribution in [3.05, 3.63) is 18.1 Å². The Kier molecular flexibility index (Phi) is 2.02. The van der Waals surface area contributed by atoms with E-state index in [1.165, 1.54) is 32.1 Å². The molecule has 1 radical (unpaired) electrons. The topological polar surface area (TPSA) is 0 Å². The second-order valence-corrected chi connectivity index (χ2v) is 3.97. The van der Waals surface area contributed by atoms with Crippen LogP contribution in [-0.2, 0) is 0 Å². The molecule has 0 bridgehead atoms. The Bertz CT molecular complexity index is 157. The molecule has 0 spiro atoms. The monoisotopic (exact) mass is 149 g/mol. The molecule has 0 amide bonds. The predicted molar refractivity (Wildman–Crippen MR) is 48.1 cm³/mol. The highest BCUT2D eigenvalue weighted by molar-refractivity contribution is 5.15. The lowest BCUT2D eigenvalue weighted by Crippen LogP contribution is -2.24. The maximum absolute atomic E-state index is 2.39. The smallest absolute Gasteiger partial charge is 0.0141 e. The van der Waals surface area contributed by atoms with Crippen LogP contribution < -0.4 is 0 Å². The molecule has 11 heavy (non-hydrogen) atoms. The second-order valence-electron chi connectivity index (χ2n) is 3.97. The van der Waals surface area contributed by atoms with Crippen LogP contribution in [0.1, 0.15) is 39.0 Å². The first-order valence-electron chi connectivity index (χ1n) is 4.90. The Morgan fingerprint density at radius 1 is 1.36 bits per heavy atom. The molecule has 0 heteroatoms. The highest BCUT2D eigenvalue weighted by Gasteiger charge is 2.29. The molecule has 61 valence electrons. The minimum atomic E-state index is 0.786. The maximum atomic E-state index is 2.39. The summed E-state index contributed by atoms with van der Waals surface area (Å²) >= 11 is 0. The first kappa shape index (κ1) is 7.39. The summed E-state index contributed by atoms with van der Waals surface area (Å²) in [5, 5.41) is 0. The lowest BCUT2D eigenvalue weighted by Gasteiger charge is -2.36. The molecule has 0 aromatic heterocycles. The summed E-state index contributed by atoms with van der Waals surface area (Å²) in [7, 11) is 0. The van der Waals surface area contributed by atoms with Crippen LogP contribution in [0.15, 0.2) is 12.2 Å². The van der Waals surface area contributed by atoms with Gasteiger partial charge in [-0.3, -0.25) is 0 Å². The van der Waals surface area contributed by atoms with E-state index >= 15 is 0 Å². The molecule has 0 heterocycles. The van der Waals surface area contributed by atoms with E-state index in [4.69, 9.17) is 0 Å². The number of allylic oxidation sites excluding steroid dienone is 2. The Hall–Kier alpha value is -0.260. The Labute approximate surface area is 69.7 Å². The number of rotatable bonds is 0. The summed E-state index contributed by atoms with van der Waals surface area (Å²) in [6, 6.07) is 0. The SMILES string of the molecule is CC1C=CCC2CCCC[C]12. The number of hydrogen-bond donors (Lipinski definition) is 0. The van der Waals surface area contributed by atoms with Crippen molar-refractivity contribution in [2.45, 2.75) is 39.0 Å². The van der Waals surface area contributed by atoms with Crippen LogP contribution in [0.3, 0.4) is 0 Å². The molecular formula is C11H17. The van der Waals surface area contributed by atoms with Gasteiger partial charge in [-0.2, -0.15) is 0 Å². The molecular weight excluding hydrogens is 132 g/mol. The predicted octanol–water partition coefficient (Wildman–Crippen LogP) is 3.35. The highest BCUT2D eigenvalue weighted by Crippen LogP contribution is 2.42.